The van der Waals surface area contributed by atoms with Crippen molar-refractivity contribution >= 4 is 38.1 Å². The summed E-state index contributed by atoms with van der Waals surface area (Å²) in [5, 5.41) is 2.66. The Morgan fingerprint density at radius 2 is 1.00 bits per heavy atom. The van der Waals surface area contributed by atoms with Gasteiger partial charge in [-0.3, -0.25) is 9.59 Å². The normalized spacial score (nSPS) is 15.2. The second kappa shape index (κ2) is 4.13. The van der Waals surface area contributed by atoms with Crippen molar-refractivity contribution in [2.24, 2.45) is 0 Å². The number of para-hydroxylation sites is 3. The van der Waals surface area contributed by atoms with Crippen molar-refractivity contribution in [3.05, 3.63) is 86.2 Å². The van der Waals surface area contributed by atoms with Gasteiger partial charge >= 0.3 is 0 Å². The van der Waals surface area contributed by atoms with Crippen molar-refractivity contribution in [3.8, 4) is 0 Å². The molecule has 3 heteroatoms. The molecular formula is C23H15NO2. The molecule has 0 bridgehead atoms. The van der Waals surface area contributed by atoms with Crippen LogP contribution in [0, 0.1) is 0 Å². The zero-order valence-corrected chi connectivity index (χ0v) is 14.5. The van der Waals surface area contributed by atoms with Crippen LogP contribution in [0.5, 0.6) is 0 Å². The molecule has 2 aromatic heterocycles. The highest BCUT2D eigenvalue weighted by Gasteiger charge is 2.34. The molecule has 0 saturated carbocycles. The molecule has 6 rings (SSSR count). The first-order valence-corrected chi connectivity index (χ1v) is 8.81. The number of hydrogen-bond acceptors (Lipinski definition) is 2. The van der Waals surface area contributed by atoms with Crippen LogP contribution < -0.4 is 10.9 Å². The molecule has 0 unspecified atom stereocenters. The predicted molar refractivity (Wildman–Crippen MR) is 106 cm³/mol. The van der Waals surface area contributed by atoms with Crippen LogP contribution in [0.15, 0.2) is 64.2 Å². The van der Waals surface area contributed by atoms with Crippen molar-refractivity contribution in [1.82, 2.24) is 4.40 Å². The molecule has 124 valence electrons. The lowest BCUT2D eigenvalue weighted by Gasteiger charge is -2.34. The maximum atomic E-state index is 13.2. The molecule has 0 aliphatic carbocycles. The van der Waals surface area contributed by atoms with Crippen LogP contribution in [0.2, 0.25) is 0 Å². The van der Waals surface area contributed by atoms with E-state index in [1.165, 1.54) is 0 Å². The SMILES string of the molecule is CC1(C)c2cccc3c(=O)c4cccc5c(=O)c6cccc1c6n(c23)c45. The third-order valence-electron chi connectivity index (χ3n) is 6.10. The maximum absolute atomic E-state index is 13.2. The van der Waals surface area contributed by atoms with Gasteiger partial charge in [0.1, 0.15) is 0 Å². The topological polar surface area (TPSA) is 38.5 Å². The lowest BCUT2D eigenvalue weighted by molar-refractivity contribution is 0.642. The Morgan fingerprint density at radius 3 is 1.46 bits per heavy atom. The number of rotatable bonds is 0. The average molecular weight is 337 g/mol. The quantitative estimate of drug-likeness (QED) is 0.314. The lowest BCUT2D eigenvalue weighted by atomic mass is 9.74. The molecule has 0 saturated heterocycles. The van der Waals surface area contributed by atoms with Crippen LogP contribution in [0.4, 0.5) is 0 Å². The molecule has 3 aromatic carbocycles. The highest BCUT2D eigenvalue weighted by molar-refractivity contribution is 6.10. The monoisotopic (exact) mass is 337 g/mol. The fourth-order valence-electron chi connectivity index (χ4n) is 4.87. The van der Waals surface area contributed by atoms with Gasteiger partial charge in [-0.2, -0.15) is 0 Å². The Hall–Kier alpha value is -3.20. The van der Waals surface area contributed by atoms with Gasteiger partial charge in [0.25, 0.3) is 0 Å². The van der Waals surface area contributed by atoms with E-state index in [1.807, 2.05) is 42.5 Å². The maximum Gasteiger partial charge on any atom is 0.197 e. The Labute approximate surface area is 148 Å². The summed E-state index contributed by atoms with van der Waals surface area (Å²) in [5.74, 6) is 0. The van der Waals surface area contributed by atoms with E-state index in [1.54, 1.807) is 0 Å². The second-order valence-electron chi connectivity index (χ2n) is 7.72. The van der Waals surface area contributed by atoms with Gasteiger partial charge in [-0.1, -0.05) is 44.2 Å². The molecule has 0 spiro atoms. The van der Waals surface area contributed by atoms with E-state index in [0.29, 0.717) is 10.8 Å². The van der Waals surface area contributed by atoms with Crippen LogP contribution in [-0.4, -0.2) is 4.40 Å². The van der Waals surface area contributed by atoms with E-state index < -0.39 is 0 Å². The van der Waals surface area contributed by atoms with Crippen LogP contribution in [-0.2, 0) is 5.41 Å². The molecule has 3 heterocycles. The molecule has 0 radical (unpaired) electrons. The molecule has 1 aliphatic heterocycles. The number of benzene rings is 3. The number of nitrogens with zero attached hydrogens (tertiary/aromatic N) is 1. The van der Waals surface area contributed by atoms with Crippen molar-refractivity contribution in [2.45, 2.75) is 19.3 Å². The van der Waals surface area contributed by atoms with Gasteiger partial charge in [0.05, 0.1) is 16.6 Å². The second-order valence-corrected chi connectivity index (χ2v) is 7.72. The minimum atomic E-state index is -0.280. The molecule has 0 amide bonds. The van der Waals surface area contributed by atoms with Gasteiger partial charge in [0.15, 0.2) is 10.9 Å². The summed E-state index contributed by atoms with van der Waals surface area (Å²) in [7, 11) is 0. The number of hydrogen-bond donors (Lipinski definition) is 0. The van der Waals surface area contributed by atoms with E-state index in [2.05, 4.69) is 30.4 Å². The Bertz CT molecular complexity index is 1430. The van der Waals surface area contributed by atoms with Gasteiger partial charge in [0, 0.05) is 27.0 Å². The van der Waals surface area contributed by atoms with Gasteiger partial charge in [0.2, 0.25) is 0 Å². The zero-order valence-electron chi connectivity index (χ0n) is 14.5. The molecule has 1 aliphatic rings. The van der Waals surface area contributed by atoms with Crippen LogP contribution >= 0.6 is 0 Å². The van der Waals surface area contributed by atoms with Crippen molar-refractivity contribution in [3.63, 3.8) is 0 Å². The Kier molecular flexibility index (Phi) is 2.23. The van der Waals surface area contributed by atoms with E-state index in [4.69, 9.17) is 0 Å². The first-order chi connectivity index (χ1) is 12.5. The lowest BCUT2D eigenvalue weighted by Crippen LogP contribution is -2.28. The summed E-state index contributed by atoms with van der Waals surface area (Å²) in [6.45, 7) is 4.33. The Balaban J connectivity index is 2.21. The van der Waals surface area contributed by atoms with Gasteiger partial charge in [-0.25, -0.2) is 0 Å². The standard InChI is InChI=1S/C23H15NO2/c1-23(2)16-10-4-8-14-19(16)24-18-12(21(14)25)6-3-7-13(18)22(26)15-9-5-11-17(23)20(15)24/h3-11H,1-2H3. The third kappa shape index (κ3) is 1.31. The van der Waals surface area contributed by atoms with E-state index in [-0.39, 0.29) is 16.3 Å². The third-order valence-corrected chi connectivity index (χ3v) is 6.10. The molecule has 5 aromatic rings. The minimum Gasteiger partial charge on any atom is -0.307 e. The summed E-state index contributed by atoms with van der Waals surface area (Å²) < 4.78 is 2.16. The van der Waals surface area contributed by atoms with Crippen LogP contribution in [0.25, 0.3) is 38.1 Å². The summed E-state index contributed by atoms with van der Waals surface area (Å²) in [6, 6.07) is 17.4. The van der Waals surface area contributed by atoms with Gasteiger partial charge in [-0.05, 0) is 35.4 Å². The van der Waals surface area contributed by atoms with E-state index in [0.717, 1.165) is 38.4 Å². The Morgan fingerprint density at radius 1 is 0.615 bits per heavy atom. The minimum absolute atomic E-state index is 0.00128. The fraction of sp³-hybridized carbons (Fsp3) is 0.130. The summed E-state index contributed by atoms with van der Waals surface area (Å²) in [6.07, 6.45) is 0. The highest BCUT2D eigenvalue weighted by atomic mass is 16.1. The summed E-state index contributed by atoms with van der Waals surface area (Å²) >= 11 is 0. The predicted octanol–water partition coefficient (Wildman–Crippen LogP) is 4.20. The van der Waals surface area contributed by atoms with Crippen LogP contribution in [0.1, 0.15) is 25.0 Å². The number of pyridine rings is 2. The van der Waals surface area contributed by atoms with Crippen molar-refractivity contribution in [2.75, 3.05) is 0 Å². The largest absolute Gasteiger partial charge is 0.307 e. The van der Waals surface area contributed by atoms with E-state index >= 15 is 0 Å². The molecular weight excluding hydrogens is 322 g/mol. The molecule has 0 atom stereocenters. The van der Waals surface area contributed by atoms with E-state index in [9.17, 15) is 9.59 Å². The van der Waals surface area contributed by atoms with Gasteiger partial charge in [-0.15, -0.1) is 0 Å². The fourth-order valence-corrected chi connectivity index (χ4v) is 4.87. The molecule has 3 nitrogen and oxygen atoms in total. The van der Waals surface area contributed by atoms with Crippen LogP contribution in [0.3, 0.4) is 0 Å². The number of aromatic nitrogens is 1. The highest BCUT2D eigenvalue weighted by Crippen LogP contribution is 2.43. The first-order valence-electron chi connectivity index (χ1n) is 8.81. The molecule has 0 fully saturated rings. The molecule has 26 heavy (non-hydrogen) atoms. The summed E-state index contributed by atoms with van der Waals surface area (Å²) in [4.78, 5) is 26.4. The average Bonchev–Trinajstić information content (AvgIpc) is 2.66. The molecule has 0 N–H and O–H groups in total. The summed E-state index contributed by atoms with van der Waals surface area (Å²) in [5.41, 5.74) is 4.61. The van der Waals surface area contributed by atoms with Gasteiger partial charge < -0.3 is 4.40 Å². The van der Waals surface area contributed by atoms with Crippen molar-refractivity contribution in [1.29, 1.82) is 0 Å². The first kappa shape index (κ1) is 14.0. The van der Waals surface area contributed by atoms with Crippen molar-refractivity contribution < 1.29 is 0 Å². The smallest absolute Gasteiger partial charge is 0.197 e. The zero-order chi connectivity index (χ0) is 17.8.